The van der Waals surface area contributed by atoms with E-state index in [0.29, 0.717) is 0 Å². The van der Waals surface area contributed by atoms with Crippen LogP contribution in [0.1, 0.15) is 26.7 Å². The summed E-state index contributed by atoms with van der Waals surface area (Å²) >= 11 is 0. The Labute approximate surface area is 85.3 Å². The van der Waals surface area contributed by atoms with Crippen LogP contribution < -0.4 is 0 Å². The maximum atomic E-state index is 8.57. The van der Waals surface area contributed by atoms with Gasteiger partial charge in [0.25, 0.3) is 5.71 Å². The van der Waals surface area contributed by atoms with Gasteiger partial charge in [-0.05, 0) is 25.5 Å². The third kappa shape index (κ3) is 2.57. The van der Waals surface area contributed by atoms with Crippen LogP contribution in [-0.2, 0) is 0 Å². The van der Waals surface area contributed by atoms with Crippen LogP contribution in [0.2, 0.25) is 0 Å². The molecule has 1 aliphatic carbocycles. The molecule has 3 heteroatoms. The normalized spacial score (nSPS) is 15.0. The molecule has 1 rings (SSSR count). The minimum absolute atomic E-state index is 0.723. The summed E-state index contributed by atoms with van der Waals surface area (Å²) in [6.07, 6.45) is 7.86. The molecule has 0 bridgehead atoms. The third-order valence-corrected chi connectivity index (χ3v) is 2.34. The van der Waals surface area contributed by atoms with Gasteiger partial charge in [0, 0.05) is 24.9 Å². The Hall–Kier alpha value is -1.34. The van der Waals surface area contributed by atoms with Gasteiger partial charge in [-0.2, -0.15) is 4.79 Å². The molecule has 0 unspecified atom stereocenters. The Morgan fingerprint density at radius 1 is 1.43 bits per heavy atom. The zero-order valence-electron chi connectivity index (χ0n) is 8.90. The highest BCUT2D eigenvalue weighted by atomic mass is 15.1. The standard InChI is InChI=1S/C11H17N3/c1-3-9-14(4-2)11-7-5-10(13-12)6-8-11/h5,7-8H,3-4,6,9H2,1-2H3. The summed E-state index contributed by atoms with van der Waals surface area (Å²) in [6, 6.07) is 0. The maximum Gasteiger partial charge on any atom is 0.295 e. The van der Waals surface area contributed by atoms with Gasteiger partial charge in [-0.1, -0.05) is 6.92 Å². The van der Waals surface area contributed by atoms with Gasteiger partial charge in [-0.25, -0.2) is 0 Å². The van der Waals surface area contributed by atoms with Gasteiger partial charge < -0.3 is 10.4 Å². The predicted molar refractivity (Wildman–Crippen MR) is 58.0 cm³/mol. The topological polar surface area (TPSA) is 39.6 Å². The lowest BCUT2D eigenvalue weighted by Crippen LogP contribution is -2.23. The van der Waals surface area contributed by atoms with Crippen LogP contribution in [0.15, 0.2) is 23.9 Å². The Morgan fingerprint density at radius 3 is 2.64 bits per heavy atom. The highest BCUT2D eigenvalue weighted by Gasteiger charge is 2.11. The molecule has 0 radical (unpaired) electrons. The lowest BCUT2D eigenvalue weighted by atomic mass is 10.1. The molecular weight excluding hydrogens is 174 g/mol. The van der Waals surface area contributed by atoms with E-state index in [-0.39, 0.29) is 0 Å². The zero-order valence-corrected chi connectivity index (χ0v) is 8.90. The van der Waals surface area contributed by atoms with Crippen LogP contribution >= 0.6 is 0 Å². The summed E-state index contributed by atoms with van der Waals surface area (Å²) in [7, 11) is 0. The van der Waals surface area contributed by atoms with E-state index in [1.807, 2.05) is 12.2 Å². The number of hydrogen-bond donors (Lipinski definition) is 0. The molecule has 1 aliphatic rings. The molecule has 0 heterocycles. The minimum Gasteiger partial charge on any atom is -0.372 e. The third-order valence-electron chi connectivity index (χ3n) is 2.34. The Bertz CT molecular complexity index is 296. The molecule has 0 aromatic rings. The second-order valence-electron chi connectivity index (χ2n) is 3.34. The maximum absolute atomic E-state index is 8.57. The van der Waals surface area contributed by atoms with Crippen molar-refractivity contribution in [3.05, 3.63) is 29.5 Å². The van der Waals surface area contributed by atoms with Crippen molar-refractivity contribution in [2.45, 2.75) is 26.7 Å². The first-order chi connectivity index (χ1) is 6.81. The van der Waals surface area contributed by atoms with Gasteiger partial charge in [0.05, 0.1) is 6.42 Å². The van der Waals surface area contributed by atoms with Crippen LogP contribution in [0.5, 0.6) is 0 Å². The van der Waals surface area contributed by atoms with E-state index in [4.69, 9.17) is 5.53 Å². The molecule has 14 heavy (non-hydrogen) atoms. The van der Waals surface area contributed by atoms with Gasteiger partial charge in [0.15, 0.2) is 0 Å². The first-order valence-corrected chi connectivity index (χ1v) is 5.16. The lowest BCUT2D eigenvalue weighted by Gasteiger charge is -2.24. The molecule has 0 atom stereocenters. The molecule has 0 spiro atoms. The van der Waals surface area contributed by atoms with Crippen molar-refractivity contribution in [2.24, 2.45) is 0 Å². The fraction of sp³-hybridized carbons (Fsp3) is 0.545. The van der Waals surface area contributed by atoms with Gasteiger partial charge in [-0.15, -0.1) is 0 Å². The largest absolute Gasteiger partial charge is 0.372 e. The van der Waals surface area contributed by atoms with Crippen LogP contribution in [0.25, 0.3) is 5.53 Å². The van der Waals surface area contributed by atoms with Gasteiger partial charge in [0.1, 0.15) is 0 Å². The SMILES string of the molecule is CCCN(CC)C1=CCC(=[N+]=[N-])C=C1. The summed E-state index contributed by atoms with van der Waals surface area (Å²) in [6.45, 7) is 6.43. The molecule has 3 nitrogen and oxygen atoms in total. The smallest absolute Gasteiger partial charge is 0.295 e. The Morgan fingerprint density at radius 2 is 2.21 bits per heavy atom. The Balaban J connectivity index is 2.66. The molecule has 0 aromatic carbocycles. The average Bonchev–Trinajstić information content (AvgIpc) is 2.26. The van der Waals surface area contributed by atoms with E-state index in [1.165, 1.54) is 5.70 Å². The lowest BCUT2D eigenvalue weighted by molar-refractivity contribution is -0.00547. The van der Waals surface area contributed by atoms with E-state index in [1.54, 1.807) is 0 Å². The van der Waals surface area contributed by atoms with Crippen molar-refractivity contribution in [3.63, 3.8) is 0 Å². The molecule has 0 aromatic heterocycles. The predicted octanol–water partition coefficient (Wildman–Crippen LogP) is 2.23. The number of nitrogens with zero attached hydrogens (tertiary/aromatic N) is 3. The Kier molecular flexibility index (Phi) is 4.14. The monoisotopic (exact) mass is 191 g/mol. The average molecular weight is 191 g/mol. The molecule has 0 saturated carbocycles. The van der Waals surface area contributed by atoms with Crippen molar-refractivity contribution >= 4 is 5.71 Å². The second-order valence-corrected chi connectivity index (χ2v) is 3.34. The summed E-state index contributed by atoms with van der Waals surface area (Å²) in [4.78, 5) is 5.50. The quantitative estimate of drug-likeness (QED) is 0.496. The molecule has 0 aliphatic heterocycles. The van der Waals surface area contributed by atoms with E-state index in [9.17, 15) is 0 Å². The number of likely N-dealkylation sites (N-methyl/N-ethyl adjacent to an activating group) is 1. The van der Waals surface area contributed by atoms with Gasteiger partial charge in [0.2, 0.25) is 0 Å². The van der Waals surface area contributed by atoms with Crippen molar-refractivity contribution in [1.29, 1.82) is 0 Å². The first-order valence-electron chi connectivity index (χ1n) is 5.16. The van der Waals surface area contributed by atoms with Gasteiger partial charge >= 0.3 is 0 Å². The van der Waals surface area contributed by atoms with Crippen molar-refractivity contribution in [3.8, 4) is 0 Å². The van der Waals surface area contributed by atoms with Crippen LogP contribution in [-0.4, -0.2) is 28.5 Å². The number of rotatable bonds is 4. The highest BCUT2D eigenvalue weighted by molar-refractivity contribution is 5.92. The molecule has 0 fully saturated rings. The van der Waals surface area contributed by atoms with Crippen LogP contribution in [0.4, 0.5) is 0 Å². The fourth-order valence-corrected chi connectivity index (χ4v) is 1.58. The summed E-state index contributed by atoms with van der Waals surface area (Å²) in [5, 5.41) is 0. The molecule has 0 saturated heterocycles. The number of hydrogen-bond acceptors (Lipinski definition) is 1. The summed E-state index contributed by atoms with van der Waals surface area (Å²) in [5.74, 6) is 0. The van der Waals surface area contributed by atoms with Crippen molar-refractivity contribution < 1.29 is 4.79 Å². The fourth-order valence-electron chi connectivity index (χ4n) is 1.58. The van der Waals surface area contributed by atoms with E-state index in [2.05, 4.69) is 29.6 Å². The van der Waals surface area contributed by atoms with Crippen LogP contribution in [0, 0.1) is 0 Å². The molecular formula is C11H17N3. The van der Waals surface area contributed by atoms with E-state index >= 15 is 0 Å². The zero-order chi connectivity index (χ0) is 10.4. The minimum atomic E-state index is 0.723. The van der Waals surface area contributed by atoms with Gasteiger partial charge in [-0.3, -0.25) is 0 Å². The highest BCUT2D eigenvalue weighted by Crippen LogP contribution is 2.12. The van der Waals surface area contributed by atoms with E-state index in [0.717, 1.165) is 31.6 Å². The van der Waals surface area contributed by atoms with Crippen molar-refractivity contribution in [1.82, 2.24) is 4.90 Å². The van der Waals surface area contributed by atoms with Crippen LogP contribution in [0.3, 0.4) is 0 Å². The molecule has 0 N–H and O–H groups in total. The van der Waals surface area contributed by atoms with E-state index < -0.39 is 0 Å². The summed E-state index contributed by atoms with van der Waals surface area (Å²) < 4.78 is 0. The summed E-state index contributed by atoms with van der Waals surface area (Å²) in [5.41, 5.74) is 10.5. The number of allylic oxidation sites excluding steroid dienone is 3. The van der Waals surface area contributed by atoms with Crippen molar-refractivity contribution in [2.75, 3.05) is 13.1 Å². The second kappa shape index (κ2) is 5.40. The molecule has 76 valence electrons. The molecule has 0 amide bonds. The first kappa shape index (κ1) is 10.7.